The van der Waals surface area contributed by atoms with Crippen LogP contribution in [0.3, 0.4) is 0 Å². The minimum Gasteiger partial charge on any atom is -0.508 e. The van der Waals surface area contributed by atoms with E-state index in [1.165, 1.54) is 12.3 Å². The van der Waals surface area contributed by atoms with Crippen molar-refractivity contribution in [2.24, 2.45) is 0 Å². The summed E-state index contributed by atoms with van der Waals surface area (Å²) in [6.45, 7) is 7.78. The monoisotopic (exact) mass is 309 g/mol. The van der Waals surface area contributed by atoms with Crippen LogP contribution >= 0.6 is 0 Å². The molecule has 2 rings (SSSR count). The first-order chi connectivity index (χ1) is 9.74. The molecule has 0 radical (unpaired) electrons. The third-order valence-electron chi connectivity index (χ3n) is 3.36. The molecule has 0 aliphatic heterocycles. The Morgan fingerprint density at radius 1 is 1.24 bits per heavy atom. The van der Waals surface area contributed by atoms with Gasteiger partial charge in [0.05, 0.1) is 5.69 Å². The predicted octanol–water partition coefficient (Wildman–Crippen LogP) is 2.33. The molecule has 0 saturated carbocycles. The number of hydrogen-bond donors (Lipinski definition) is 2. The lowest BCUT2D eigenvalue weighted by Crippen LogP contribution is -2.14. The van der Waals surface area contributed by atoms with Crippen molar-refractivity contribution in [2.75, 3.05) is 4.72 Å². The van der Waals surface area contributed by atoms with E-state index in [0.29, 0.717) is 29.2 Å². The molecule has 114 valence electrons. The fourth-order valence-corrected chi connectivity index (χ4v) is 3.17. The lowest BCUT2D eigenvalue weighted by atomic mass is 10.1. The van der Waals surface area contributed by atoms with Crippen molar-refractivity contribution in [3.63, 3.8) is 0 Å². The molecule has 1 heterocycles. The maximum Gasteiger partial charge on any atom is 0.280 e. The number of phenolic OH excluding ortho intramolecular Hbond substituents is 1. The third kappa shape index (κ3) is 3.02. The van der Waals surface area contributed by atoms with E-state index in [1.54, 1.807) is 31.4 Å². The first-order valence-corrected chi connectivity index (χ1v) is 8.09. The molecule has 21 heavy (non-hydrogen) atoms. The van der Waals surface area contributed by atoms with Crippen molar-refractivity contribution in [1.29, 1.82) is 0 Å². The number of aromatic hydroxyl groups is 1. The van der Waals surface area contributed by atoms with Crippen LogP contribution in [0.25, 0.3) is 0 Å². The van der Waals surface area contributed by atoms with E-state index in [-0.39, 0.29) is 10.8 Å². The van der Waals surface area contributed by atoms with E-state index < -0.39 is 10.0 Å². The Hall–Kier alpha value is -2.02. The summed E-state index contributed by atoms with van der Waals surface area (Å²) in [5, 5.41) is 9.61. The summed E-state index contributed by atoms with van der Waals surface area (Å²) in [6, 6.07) is 3.13. The Morgan fingerprint density at radius 2 is 1.90 bits per heavy atom. The van der Waals surface area contributed by atoms with Gasteiger partial charge in [0.2, 0.25) is 0 Å². The molecule has 0 atom stereocenters. The molecule has 0 saturated heterocycles. The fraction of sp³-hybridized carbons (Fsp3) is 0.357. The quantitative estimate of drug-likeness (QED) is 0.849. The zero-order chi connectivity index (χ0) is 15.8. The van der Waals surface area contributed by atoms with E-state index in [2.05, 4.69) is 9.71 Å². The normalized spacial score (nSPS) is 11.6. The Morgan fingerprint density at radius 3 is 2.48 bits per heavy atom. The summed E-state index contributed by atoms with van der Waals surface area (Å²) >= 11 is 0. The van der Waals surface area contributed by atoms with Crippen LogP contribution in [-0.4, -0.2) is 23.1 Å². The number of nitrogens with zero attached hydrogens (tertiary/aromatic N) is 2. The van der Waals surface area contributed by atoms with Gasteiger partial charge in [0.15, 0.2) is 5.03 Å². The maximum absolute atomic E-state index is 12.4. The molecule has 0 bridgehead atoms. The van der Waals surface area contributed by atoms with Crippen LogP contribution in [0, 0.1) is 20.8 Å². The molecule has 6 nitrogen and oxygen atoms in total. The van der Waals surface area contributed by atoms with Gasteiger partial charge in [-0.3, -0.25) is 4.72 Å². The van der Waals surface area contributed by atoms with Gasteiger partial charge in [-0.2, -0.15) is 8.42 Å². The van der Waals surface area contributed by atoms with Crippen LogP contribution in [0.15, 0.2) is 23.4 Å². The topological polar surface area (TPSA) is 84.2 Å². The van der Waals surface area contributed by atoms with Crippen LogP contribution in [0.1, 0.15) is 23.9 Å². The van der Waals surface area contributed by atoms with Crippen molar-refractivity contribution < 1.29 is 13.5 Å². The zero-order valence-corrected chi connectivity index (χ0v) is 13.3. The lowest BCUT2D eigenvalue weighted by Gasteiger charge is -2.11. The number of hydrogen-bond acceptors (Lipinski definition) is 4. The molecule has 2 N–H and O–H groups in total. The van der Waals surface area contributed by atoms with Gasteiger partial charge in [-0.25, -0.2) is 4.98 Å². The maximum atomic E-state index is 12.4. The molecule has 1 aromatic heterocycles. The van der Waals surface area contributed by atoms with Crippen LogP contribution < -0.4 is 4.72 Å². The summed E-state index contributed by atoms with van der Waals surface area (Å²) in [5.41, 5.74) is 1.69. The number of anilines is 1. The Balaban J connectivity index is 2.39. The van der Waals surface area contributed by atoms with Gasteiger partial charge in [0.1, 0.15) is 11.6 Å². The van der Waals surface area contributed by atoms with Gasteiger partial charge in [-0.05, 0) is 51.0 Å². The number of aryl methyl sites for hydroxylation is 4. The molecule has 0 fully saturated rings. The first kappa shape index (κ1) is 15.4. The van der Waals surface area contributed by atoms with Crippen LogP contribution in [-0.2, 0) is 16.6 Å². The smallest absolute Gasteiger partial charge is 0.280 e. The Bertz CT molecular complexity index is 779. The highest BCUT2D eigenvalue weighted by Crippen LogP contribution is 2.26. The largest absolute Gasteiger partial charge is 0.508 e. The second kappa shape index (κ2) is 5.40. The van der Waals surface area contributed by atoms with E-state index >= 15 is 0 Å². The summed E-state index contributed by atoms with van der Waals surface area (Å²) in [7, 11) is -3.74. The average molecular weight is 309 g/mol. The van der Waals surface area contributed by atoms with Gasteiger partial charge in [0.25, 0.3) is 10.0 Å². The lowest BCUT2D eigenvalue weighted by molar-refractivity contribution is 0.471. The van der Waals surface area contributed by atoms with Gasteiger partial charge >= 0.3 is 0 Å². The number of phenols is 1. The van der Waals surface area contributed by atoms with Crippen molar-refractivity contribution in [3.8, 4) is 5.75 Å². The standard InChI is InChI=1S/C14H19N3O3S/c1-5-17-8-14(15-11(17)4)21(19,20)16-12-6-10(3)13(18)7-9(12)2/h6-8,16,18H,5H2,1-4H3. The number of rotatable bonds is 4. The number of aromatic nitrogens is 2. The Labute approximate surface area is 124 Å². The molecule has 0 unspecified atom stereocenters. The van der Waals surface area contributed by atoms with Crippen molar-refractivity contribution in [3.05, 3.63) is 35.3 Å². The van der Waals surface area contributed by atoms with Gasteiger partial charge < -0.3 is 9.67 Å². The number of benzene rings is 1. The molecular weight excluding hydrogens is 290 g/mol. The molecular formula is C14H19N3O3S. The Kier molecular flexibility index (Phi) is 3.95. The summed E-state index contributed by atoms with van der Waals surface area (Å²) < 4.78 is 29.1. The zero-order valence-electron chi connectivity index (χ0n) is 12.5. The number of imidazole rings is 1. The fourth-order valence-electron chi connectivity index (χ4n) is 2.04. The van der Waals surface area contributed by atoms with Crippen molar-refractivity contribution in [2.45, 2.75) is 39.3 Å². The van der Waals surface area contributed by atoms with Crippen molar-refractivity contribution in [1.82, 2.24) is 9.55 Å². The second-order valence-electron chi connectivity index (χ2n) is 4.97. The van der Waals surface area contributed by atoms with Crippen LogP contribution in [0.2, 0.25) is 0 Å². The minimum atomic E-state index is -3.74. The minimum absolute atomic E-state index is 0.00743. The highest BCUT2D eigenvalue weighted by atomic mass is 32.2. The van der Waals surface area contributed by atoms with E-state index in [0.717, 1.165) is 0 Å². The highest BCUT2D eigenvalue weighted by molar-refractivity contribution is 7.92. The van der Waals surface area contributed by atoms with E-state index in [1.807, 2.05) is 6.92 Å². The summed E-state index contributed by atoms with van der Waals surface area (Å²) in [4.78, 5) is 4.08. The van der Waals surface area contributed by atoms with E-state index in [4.69, 9.17) is 0 Å². The molecule has 0 spiro atoms. The van der Waals surface area contributed by atoms with Gasteiger partial charge in [-0.15, -0.1) is 0 Å². The van der Waals surface area contributed by atoms with Crippen LogP contribution in [0.4, 0.5) is 5.69 Å². The number of sulfonamides is 1. The third-order valence-corrected chi connectivity index (χ3v) is 4.59. The summed E-state index contributed by atoms with van der Waals surface area (Å²) in [6.07, 6.45) is 1.51. The second-order valence-corrected chi connectivity index (χ2v) is 6.60. The molecule has 1 aromatic carbocycles. The highest BCUT2D eigenvalue weighted by Gasteiger charge is 2.20. The van der Waals surface area contributed by atoms with E-state index in [9.17, 15) is 13.5 Å². The van der Waals surface area contributed by atoms with Gasteiger partial charge in [-0.1, -0.05) is 0 Å². The number of nitrogens with one attached hydrogen (secondary N) is 1. The SMILES string of the molecule is CCn1cc(S(=O)(=O)Nc2cc(C)c(O)cc2C)nc1C. The molecule has 0 aliphatic rings. The van der Waals surface area contributed by atoms with Crippen molar-refractivity contribution >= 4 is 15.7 Å². The molecule has 7 heteroatoms. The molecule has 0 amide bonds. The predicted molar refractivity (Wildman–Crippen MR) is 81.0 cm³/mol. The average Bonchev–Trinajstić information content (AvgIpc) is 2.78. The van der Waals surface area contributed by atoms with Gasteiger partial charge in [0, 0.05) is 12.7 Å². The molecule has 0 aliphatic carbocycles. The van der Waals surface area contributed by atoms with Crippen LogP contribution in [0.5, 0.6) is 5.75 Å². The molecule has 2 aromatic rings. The first-order valence-electron chi connectivity index (χ1n) is 6.61. The summed E-state index contributed by atoms with van der Waals surface area (Å²) in [5.74, 6) is 0.790.